The zero-order chi connectivity index (χ0) is 14.3. The fourth-order valence-electron chi connectivity index (χ4n) is 1.66. The number of rotatable bonds is 5. The molecule has 0 bridgehead atoms. The lowest BCUT2D eigenvalue weighted by Crippen LogP contribution is -2.40. The smallest absolute Gasteiger partial charge is 0.193 e. The van der Waals surface area contributed by atoms with Crippen molar-refractivity contribution in [3.8, 4) is 0 Å². The number of nitrogens with one attached hydrogen (secondary N) is 1. The number of hydrogen-bond donors (Lipinski definition) is 1. The highest BCUT2D eigenvalue weighted by Crippen LogP contribution is 2.17. The first kappa shape index (κ1) is 20.1. The number of nitrogens with zero attached hydrogens (tertiary/aromatic N) is 2. The van der Waals surface area contributed by atoms with E-state index < -0.39 is 0 Å². The minimum Gasteiger partial charge on any atom is -0.355 e. The summed E-state index contributed by atoms with van der Waals surface area (Å²) in [6, 6.07) is 8.27. The van der Waals surface area contributed by atoms with Gasteiger partial charge in [0.15, 0.2) is 5.96 Å². The molecule has 1 aromatic rings. The topological polar surface area (TPSA) is 27.6 Å². The molecule has 0 radical (unpaired) electrons. The minimum atomic E-state index is 0. The Bertz CT molecular complexity index is 429. The van der Waals surface area contributed by atoms with E-state index in [0.29, 0.717) is 5.25 Å². The average Bonchev–Trinajstić information content (AvgIpc) is 2.41. The molecule has 1 aromatic carbocycles. The maximum Gasteiger partial charge on any atom is 0.193 e. The second-order valence-electron chi connectivity index (χ2n) is 4.42. The lowest BCUT2D eigenvalue weighted by Gasteiger charge is -2.23. The van der Waals surface area contributed by atoms with Crippen molar-refractivity contribution in [3.05, 3.63) is 34.3 Å². The van der Waals surface area contributed by atoms with E-state index in [2.05, 4.69) is 69.6 Å². The van der Waals surface area contributed by atoms with Gasteiger partial charge in [-0.2, -0.15) is 11.8 Å². The second kappa shape index (κ2) is 10.7. The van der Waals surface area contributed by atoms with Gasteiger partial charge in [-0.1, -0.05) is 41.1 Å². The normalized spacial score (nSPS) is 12.6. The fraction of sp³-hybridized carbons (Fsp3) is 0.500. The molecule has 0 amide bonds. The van der Waals surface area contributed by atoms with Crippen LogP contribution >= 0.6 is 51.7 Å². The number of benzene rings is 1. The molecule has 0 heterocycles. The highest BCUT2D eigenvalue weighted by atomic mass is 127. The summed E-state index contributed by atoms with van der Waals surface area (Å²) in [5.74, 6) is 0.927. The molecule has 1 N–H and O–H groups in total. The predicted molar refractivity (Wildman–Crippen MR) is 105 cm³/mol. The van der Waals surface area contributed by atoms with Crippen LogP contribution in [0.1, 0.15) is 12.5 Å². The molecular weight excluding hydrogens is 449 g/mol. The van der Waals surface area contributed by atoms with Crippen LogP contribution in [0.5, 0.6) is 0 Å². The molecule has 0 aliphatic carbocycles. The summed E-state index contributed by atoms with van der Waals surface area (Å²) in [7, 11) is 3.88. The summed E-state index contributed by atoms with van der Waals surface area (Å²) < 4.78 is 1.13. The molecule has 0 aliphatic rings. The Morgan fingerprint density at radius 3 is 2.65 bits per heavy atom. The number of thioether (sulfide) groups is 1. The van der Waals surface area contributed by atoms with E-state index in [9.17, 15) is 0 Å². The summed E-state index contributed by atoms with van der Waals surface area (Å²) in [6.45, 7) is 3.96. The van der Waals surface area contributed by atoms with Gasteiger partial charge in [0.2, 0.25) is 0 Å². The predicted octanol–water partition coefficient (Wildman–Crippen LogP) is 3.83. The van der Waals surface area contributed by atoms with E-state index in [0.717, 1.165) is 23.5 Å². The van der Waals surface area contributed by atoms with Crippen LogP contribution in [-0.2, 0) is 6.54 Å². The van der Waals surface area contributed by atoms with Gasteiger partial charge in [-0.3, -0.25) is 4.99 Å². The standard InChI is InChI=1S/C14H22BrN3S.HI/c1-11(19-4)9-17-14(16-2)18(3)10-12-7-5-6-8-13(12)15;/h5-8,11H,9-10H2,1-4H3,(H,16,17);1H. The summed E-state index contributed by atoms with van der Waals surface area (Å²) in [5, 5.41) is 3.98. The number of hydrogen-bond acceptors (Lipinski definition) is 2. The van der Waals surface area contributed by atoms with Crippen molar-refractivity contribution < 1.29 is 0 Å². The average molecular weight is 472 g/mol. The molecule has 0 aromatic heterocycles. The first-order valence-electron chi connectivity index (χ1n) is 6.26. The van der Waals surface area contributed by atoms with Crippen LogP contribution < -0.4 is 5.32 Å². The third-order valence-corrected chi connectivity index (χ3v) is 4.63. The summed E-state index contributed by atoms with van der Waals surface area (Å²) in [6.07, 6.45) is 2.12. The van der Waals surface area contributed by atoms with Crippen LogP contribution in [0.2, 0.25) is 0 Å². The largest absolute Gasteiger partial charge is 0.355 e. The summed E-state index contributed by atoms with van der Waals surface area (Å²) >= 11 is 5.43. The first-order chi connectivity index (χ1) is 9.08. The Morgan fingerprint density at radius 2 is 2.10 bits per heavy atom. The molecule has 0 saturated heterocycles. The molecule has 0 saturated carbocycles. The van der Waals surface area contributed by atoms with Crippen molar-refractivity contribution >= 4 is 57.6 Å². The van der Waals surface area contributed by atoms with E-state index >= 15 is 0 Å². The highest BCUT2D eigenvalue weighted by Gasteiger charge is 2.09. The molecule has 0 aliphatic heterocycles. The molecule has 0 fully saturated rings. The molecule has 1 unspecified atom stereocenters. The Hall–Kier alpha value is 0.0500. The van der Waals surface area contributed by atoms with Crippen molar-refractivity contribution in [1.29, 1.82) is 0 Å². The van der Waals surface area contributed by atoms with Gasteiger partial charge < -0.3 is 10.2 Å². The molecular formula is C14H23BrIN3S. The van der Waals surface area contributed by atoms with Gasteiger partial charge in [0.1, 0.15) is 0 Å². The molecule has 1 atom stereocenters. The van der Waals surface area contributed by atoms with E-state index in [1.165, 1.54) is 5.56 Å². The van der Waals surface area contributed by atoms with Crippen LogP contribution in [0, 0.1) is 0 Å². The van der Waals surface area contributed by atoms with Gasteiger partial charge >= 0.3 is 0 Å². The quantitative estimate of drug-likeness (QED) is 0.401. The van der Waals surface area contributed by atoms with Gasteiger partial charge in [-0.05, 0) is 17.9 Å². The van der Waals surface area contributed by atoms with Gasteiger partial charge in [-0.25, -0.2) is 0 Å². The SMILES string of the molecule is CN=C(NCC(C)SC)N(C)Cc1ccccc1Br.I. The van der Waals surface area contributed by atoms with Crippen molar-refractivity contribution in [2.24, 2.45) is 4.99 Å². The lowest BCUT2D eigenvalue weighted by molar-refractivity contribution is 0.476. The Morgan fingerprint density at radius 1 is 1.45 bits per heavy atom. The van der Waals surface area contributed by atoms with E-state index in [1.54, 1.807) is 0 Å². The van der Waals surface area contributed by atoms with Crippen LogP contribution in [0.3, 0.4) is 0 Å². The lowest BCUT2D eigenvalue weighted by atomic mass is 10.2. The van der Waals surface area contributed by atoms with E-state index in [4.69, 9.17) is 0 Å². The zero-order valence-electron chi connectivity index (χ0n) is 12.4. The highest BCUT2D eigenvalue weighted by molar-refractivity contribution is 14.0. The van der Waals surface area contributed by atoms with Crippen LogP contribution in [0.4, 0.5) is 0 Å². The van der Waals surface area contributed by atoms with Crippen LogP contribution in [-0.4, -0.2) is 43.0 Å². The van der Waals surface area contributed by atoms with Gasteiger partial charge in [0.05, 0.1) is 0 Å². The Labute approximate surface area is 152 Å². The molecule has 20 heavy (non-hydrogen) atoms. The second-order valence-corrected chi connectivity index (χ2v) is 6.55. The Kier molecular flexibility index (Phi) is 10.8. The molecule has 114 valence electrons. The first-order valence-corrected chi connectivity index (χ1v) is 8.34. The van der Waals surface area contributed by atoms with E-state index in [-0.39, 0.29) is 24.0 Å². The Balaban J connectivity index is 0.00000361. The third kappa shape index (κ3) is 6.67. The zero-order valence-corrected chi connectivity index (χ0v) is 17.1. The third-order valence-electron chi connectivity index (χ3n) is 2.89. The number of aliphatic imine (C=N–C) groups is 1. The van der Waals surface area contributed by atoms with Gasteiger partial charge in [0, 0.05) is 36.9 Å². The van der Waals surface area contributed by atoms with Crippen LogP contribution in [0.25, 0.3) is 0 Å². The van der Waals surface area contributed by atoms with Gasteiger partial charge in [-0.15, -0.1) is 24.0 Å². The number of guanidine groups is 1. The molecule has 1 rings (SSSR count). The summed E-state index contributed by atoms with van der Waals surface area (Å²) in [4.78, 5) is 6.46. The van der Waals surface area contributed by atoms with Gasteiger partial charge in [0.25, 0.3) is 0 Å². The van der Waals surface area contributed by atoms with Crippen LogP contribution in [0.15, 0.2) is 33.7 Å². The van der Waals surface area contributed by atoms with E-state index in [1.807, 2.05) is 24.9 Å². The van der Waals surface area contributed by atoms with Crippen molar-refractivity contribution in [2.45, 2.75) is 18.7 Å². The monoisotopic (exact) mass is 471 g/mol. The fourth-order valence-corrected chi connectivity index (χ4v) is 2.32. The maximum absolute atomic E-state index is 4.33. The molecule has 6 heteroatoms. The minimum absolute atomic E-state index is 0. The molecule has 3 nitrogen and oxygen atoms in total. The maximum atomic E-state index is 4.33. The van der Waals surface area contributed by atoms with Crippen molar-refractivity contribution in [3.63, 3.8) is 0 Å². The molecule has 0 spiro atoms. The summed E-state index contributed by atoms with van der Waals surface area (Å²) in [5.41, 5.74) is 1.26. The van der Waals surface area contributed by atoms with Crippen molar-refractivity contribution in [1.82, 2.24) is 10.2 Å². The van der Waals surface area contributed by atoms with Crippen molar-refractivity contribution in [2.75, 3.05) is 26.9 Å². The number of halogens is 2.